The first-order valence-electron chi connectivity index (χ1n) is 7.56. The Hall–Kier alpha value is -2.02. The second-order valence-corrected chi connectivity index (χ2v) is 5.72. The summed E-state index contributed by atoms with van der Waals surface area (Å²) in [7, 11) is 0. The number of aryl methyl sites for hydroxylation is 2. The standard InChI is InChI=1S/C16H18F2N2O3/c1-16(9-2-10-21-16)14-19-13(20-23-14)8-5-11-3-6-12(7-4-11)22-15(17)18/h3-4,6-7,15H,2,5,8-10H2,1H3. The molecule has 2 heterocycles. The minimum atomic E-state index is -2.81. The summed E-state index contributed by atoms with van der Waals surface area (Å²) in [6, 6.07) is 6.55. The Morgan fingerprint density at radius 1 is 1.26 bits per heavy atom. The minimum absolute atomic E-state index is 0.150. The Kier molecular flexibility index (Phi) is 4.56. The Morgan fingerprint density at radius 3 is 2.70 bits per heavy atom. The van der Waals surface area contributed by atoms with E-state index in [2.05, 4.69) is 14.9 Å². The van der Waals surface area contributed by atoms with Crippen LogP contribution in [-0.2, 0) is 23.2 Å². The Morgan fingerprint density at radius 2 is 2.04 bits per heavy atom. The van der Waals surface area contributed by atoms with Gasteiger partial charge in [0, 0.05) is 13.0 Å². The van der Waals surface area contributed by atoms with E-state index in [9.17, 15) is 8.78 Å². The molecule has 0 aliphatic carbocycles. The van der Waals surface area contributed by atoms with E-state index in [1.807, 2.05) is 6.92 Å². The molecule has 1 unspecified atom stereocenters. The van der Waals surface area contributed by atoms with Crippen LogP contribution in [0.1, 0.15) is 37.0 Å². The number of hydrogen-bond acceptors (Lipinski definition) is 5. The maximum atomic E-state index is 12.1. The predicted molar refractivity (Wildman–Crippen MR) is 77.3 cm³/mol. The maximum Gasteiger partial charge on any atom is 0.387 e. The summed E-state index contributed by atoms with van der Waals surface area (Å²) in [5.74, 6) is 1.28. The molecule has 23 heavy (non-hydrogen) atoms. The van der Waals surface area contributed by atoms with Gasteiger partial charge in [-0.1, -0.05) is 17.3 Å². The van der Waals surface area contributed by atoms with Crippen LogP contribution in [0.4, 0.5) is 8.78 Å². The van der Waals surface area contributed by atoms with Gasteiger partial charge in [-0.2, -0.15) is 13.8 Å². The highest BCUT2D eigenvalue weighted by Gasteiger charge is 2.37. The Balaban J connectivity index is 1.57. The molecule has 0 amide bonds. The van der Waals surface area contributed by atoms with Gasteiger partial charge in [-0.25, -0.2) is 0 Å². The second-order valence-electron chi connectivity index (χ2n) is 5.72. The molecule has 1 aromatic heterocycles. The number of aromatic nitrogens is 2. The van der Waals surface area contributed by atoms with Crippen molar-refractivity contribution in [1.82, 2.24) is 10.1 Å². The number of nitrogens with zero attached hydrogens (tertiary/aromatic N) is 2. The van der Waals surface area contributed by atoms with Crippen LogP contribution >= 0.6 is 0 Å². The zero-order valence-corrected chi connectivity index (χ0v) is 12.8. The van der Waals surface area contributed by atoms with Gasteiger partial charge in [0.15, 0.2) is 5.82 Å². The summed E-state index contributed by atoms with van der Waals surface area (Å²) in [6.07, 6.45) is 3.15. The van der Waals surface area contributed by atoms with Crippen molar-refractivity contribution in [1.29, 1.82) is 0 Å². The van der Waals surface area contributed by atoms with E-state index >= 15 is 0 Å². The Labute approximate surface area is 132 Å². The molecule has 0 saturated carbocycles. The van der Waals surface area contributed by atoms with E-state index in [0.717, 1.165) is 18.4 Å². The van der Waals surface area contributed by atoms with Crippen molar-refractivity contribution in [2.45, 2.75) is 44.8 Å². The van der Waals surface area contributed by atoms with Gasteiger partial charge in [0.2, 0.25) is 0 Å². The molecular formula is C16H18F2N2O3. The van der Waals surface area contributed by atoms with Gasteiger partial charge in [0.1, 0.15) is 11.4 Å². The third-order valence-corrected chi connectivity index (χ3v) is 3.93. The molecule has 1 saturated heterocycles. The number of hydrogen-bond donors (Lipinski definition) is 0. The molecule has 1 aliphatic rings. The highest BCUT2D eigenvalue weighted by Crippen LogP contribution is 2.34. The second kappa shape index (κ2) is 6.62. The van der Waals surface area contributed by atoms with Gasteiger partial charge in [-0.05, 0) is 43.9 Å². The summed E-state index contributed by atoms with van der Waals surface area (Å²) in [4.78, 5) is 4.41. The molecule has 1 fully saturated rings. The van der Waals surface area contributed by atoms with Crippen LogP contribution in [-0.4, -0.2) is 23.4 Å². The first-order valence-corrected chi connectivity index (χ1v) is 7.56. The predicted octanol–water partition coefficient (Wildman–Crippen LogP) is 3.48. The molecule has 2 aromatic rings. The van der Waals surface area contributed by atoms with Crippen molar-refractivity contribution >= 4 is 0 Å². The zero-order chi connectivity index (χ0) is 16.3. The fourth-order valence-corrected chi connectivity index (χ4v) is 2.61. The van der Waals surface area contributed by atoms with Crippen LogP contribution in [0.5, 0.6) is 5.75 Å². The van der Waals surface area contributed by atoms with E-state index in [1.54, 1.807) is 12.1 Å². The zero-order valence-electron chi connectivity index (χ0n) is 12.8. The molecule has 1 atom stereocenters. The molecule has 3 rings (SSSR count). The average molecular weight is 324 g/mol. The van der Waals surface area contributed by atoms with Crippen LogP contribution in [0.25, 0.3) is 0 Å². The number of benzene rings is 1. The maximum absolute atomic E-state index is 12.1. The van der Waals surface area contributed by atoms with E-state index in [1.165, 1.54) is 12.1 Å². The average Bonchev–Trinajstić information content (AvgIpc) is 3.16. The lowest BCUT2D eigenvalue weighted by molar-refractivity contribution is -0.0498. The fraction of sp³-hybridized carbons (Fsp3) is 0.500. The third kappa shape index (κ3) is 3.85. The van der Waals surface area contributed by atoms with Crippen molar-refractivity contribution in [2.24, 2.45) is 0 Å². The lowest BCUT2D eigenvalue weighted by atomic mass is 10.0. The van der Waals surface area contributed by atoms with Crippen molar-refractivity contribution in [2.75, 3.05) is 6.61 Å². The van der Waals surface area contributed by atoms with E-state index in [-0.39, 0.29) is 5.75 Å². The third-order valence-electron chi connectivity index (χ3n) is 3.93. The topological polar surface area (TPSA) is 57.4 Å². The summed E-state index contributed by atoms with van der Waals surface area (Å²) >= 11 is 0. The SMILES string of the molecule is CC1(c2nc(CCc3ccc(OC(F)F)cc3)no2)CCCO1. The van der Waals surface area contributed by atoms with Gasteiger partial charge in [0.25, 0.3) is 5.89 Å². The lowest BCUT2D eigenvalue weighted by Gasteiger charge is -2.16. The van der Waals surface area contributed by atoms with Crippen molar-refractivity contribution < 1.29 is 22.8 Å². The largest absolute Gasteiger partial charge is 0.435 e. The van der Waals surface area contributed by atoms with Crippen molar-refractivity contribution in [3.8, 4) is 5.75 Å². The normalized spacial score (nSPS) is 21.0. The highest BCUT2D eigenvalue weighted by atomic mass is 19.3. The number of rotatable bonds is 6. The van der Waals surface area contributed by atoms with Crippen molar-refractivity contribution in [3.63, 3.8) is 0 Å². The quantitative estimate of drug-likeness (QED) is 0.814. The minimum Gasteiger partial charge on any atom is -0.435 e. The van der Waals surface area contributed by atoms with Crippen LogP contribution in [0.2, 0.25) is 0 Å². The summed E-state index contributed by atoms with van der Waals surface area (Å²) < 4.78 is 39.5. The molecule has 124 valence electrons. The van der Waals surface area contributed by atoms with Crippen LogP contribution < -0.4 is 4.74 Å². The lowest BCUT2D eigenvalue weighted by Crippen LogP contribution is -2.20. The monoisotopic (exact) mass is 324 g/mol. The molecule has 0 radical (unpaired) electrons. The van der Waals surface area contributed by atoms with Gasteiger partial charge >= 0.3 is 6.61 Å². The number of ether oxygens (including phenoxy) is 2. The van der Waals surface area contributed by atoms with Crippen LogP contribution in [0, 0.1) is 0 Å². The smallest absolute Gasteiger partial charge is 0.387 e. The molecular weight excluding hydrogens is 306 g/mol. The highest BCUT2D eigenvalue weighted by molar-refractivity contribution is 5.27. The number of halogens is 2. The molecule has 1 aliphatic heterocycles. The van der Waals surface area contributed by atoms with Gasteiger partial charge in [-0.3, -0.25) is 0 Å². The Bertz CT molecular complexity index is 637. The summed E-state index contributed by atoms with van der Waals surface area (Å²) in [5, 5.41) is 3.99. The molecule has 5 nitrogen and oxygen atoms in total. The van der Waals surface area contributed by atoms with E-state index < -0.39 is 12.2 Å². The van der Waals surface area contributed by atoms with Gasteiger partial charge in [0.05, 0.1) is 0 Å². The molecule has 7 heteroatoms. The molecule has 0 spiro atoms. The van der Waals surface area contributed by atoms with Crippen LogP contribution in [0.15, 0.2) is 28.8 Å². The first-order chi connectivity index (χ1) is 11.0. The molecule has 0 bridgehead atoms. The van der Waals surface area contributed by atoms with E-state index in [4.69, 9.17) is 9.26 Å². The molecule has 0 N–H and O–H groups in total. The first kappa shape index (κ1) is 15.9. The van der Waals surface area contributed by atoms with Gasteiger partial charge < -0.3 is 14.0 Å². The molecule has 1 aromatic carbocycles. The summed E-state index contributed by atoms with van der Waals surface area (Å²) in [5.41, 5.74) is 0.515. The van der Waals surface area contributed by atoms with E-state index in [0.29, 0.717) is 31.2 Å². The fourth-order valence-electron chi connectivity index (χ4n) is 2.61. The van der Waals surface area contributed by atoms with Gasteiger partial charge in [-0.15, -0.1) is 0 Å². The van der Waals surface area contributed by atoms with Crippen LogP contribution in [0.3, 0.4) is 0 Å². The summed E-state index contributed by atoms with van der Waals surface area (Å²) in [6.45, 7) is -0.141. The number of alkyl halides is 2. The van der Waals surface area contributed by atoms with Crippen molar-refractivity contribution in [3.05, 3.63) is 41.5 Å².